The quantitative estimate of drug-likeness (QED) is 0.416. The van der Waals surface area contributed by atoms with Gasteiger partial charge in [0.2, 0.25) is 0 Å². The fraction of sp³-hybridized carbons (Fsp3) is 0.167. The average molecular weight is 345 g/mol. The predicted molar refractivity (Wildman–Crippen MR) is 90.0 cm³/mol. The number of rotatable bonds is 8. The zero-order valence-electron chi connectivity index (χ0n) is 13.0. The van der Waals surface area contributed by atoms with Crippen LogP contribution in [0.2, 0.25) is 0 Å². The number of hydrogen-bond acceptors (Lipinski definition) is 5. The van der Waals surface area contributed by atoms with E-state index >= 15 is 0 Å². The highest BCUT2D eigenvalue weighted by atomic mass is 32.2. The molecule has 126 valence electrons. The number of benzene rings is 2. The third kappa shape index (κ3) is 5.04. The summed E-state index contributed by atoms with van der Waals surface area (Å²) in [5.74, 6) is 0.591. The smallest absolute Gasteiger partial charge is 0.163 e. The summed E-state index contributed by atoms with van der Waals surface area (Å²) in [6, 6.07) is 12.4. The molecule has 0 radical (unpaired) electrons. The molecule has 2 aromatic carbocycles. The second-order valence-electron chi connectivity index (χ2n) is 5.13. The highest BCUT2D eigenvalue weighted by Gasteiger charge is 2.07. The predicted octanol–water partition coefficient (Wildman–Crippen LogP) is 3.28. The monoisotopic (exact) mass is 345 g/mol. The first kappa shape index (κ1) is 17.9. The lowest BCUT2D eigenvalue weighted by atomic mass is 10.1. The Morgan fingerprint density at radius 3 is 2.25 bits per heavy atom. The summed E-state index contributed by atoms with van der Waals surface area (Å²) in [7, 11) is -4.49. The summed E-state index contributed by atoms with van der Waals surface area (Å²) in [6.45, 7) is 4.07. The Morgan fingerprint density at radius 2 is 1.71 bits per heavy atom. The standard InChI is InChI=1S/C18H18O5S/c1-2-14-5-9-16(10-6-14)23-13-3-4-18(19)15-7-11-17(12-8-15)24(20,21)22/h2,5-12H,1,3-4,13H2,(H,20,21,22)/p-1. The van der Waals surface area contributed by atoms with Gasteiger partial charge in [-0.1, -0.05) is 36.9 Å². The van der Waals surface area contributed by atoms with Crippen LogP contribution in [0.25, 0.3) is 6.08 Å². The SMILES string of the molecule is C=Cc1ccc(OCCCC(=O)c2ccc(S(=O)(=O)[O-])cc2)cc1. The molecule has 24 heavy (non-hydrogen) atoms. The number of hydrogen-bond donors (Lipinski definition) is 0. The number of ether oxygens (including phenoxy) is 1. The van der Waals surface area contributed by atoms with Crippen molar-refractivity contribution in [1.29, 1.82) is 0 Å². The topological polar surface area (TPSA) is 83.5 Å². The Hall–Kier alpha value is -2.44. The van der Waals surface area contributed by atoms with Crippen LogP contribution in [-0.2, 0) is 10.1 Å². The molecule has 0 saturated carbocycles. The van der Waals surface area contributed by atoms with Crippen LogP contribution in [0.15, 0.2) is 60.0 Å². The van der Waals surface area contributed by atoms with Crippen molar-refractivity contribution in [1.82, 2.24) is 0 Å². The fourth-order valence-corrected chi connectivity index (χ4v) is 2.54. The third-order valence-corrected chi connectivity index (χ3v) is 4.25. The maximum absolute atomic E-state index is 12.0. The van der Waals surface area contributed by atoms with E-state index in [9.17, 15) is 17.8 Å². The molecule has 6 heteroatoms. The lowest BCUT2D eigenvalue weighted by Crippen LogP contribution is -2.05. The van der Waals surface area contributed by atoms with Crippen molar-refractivity contribution in [3.63, 3.8) is 0 Å². The second kappa shape index (κ2) is 7.90. The number of carbonyl (C=O) groups excluding carboxylic acids is 1. The maximum Gasteiger partial charge on any atom is 0.163 e. The molecular weight excluding hydrogens is 328 g/mol. The molecule has 0 bridgehead atoms. The van der Waals surface area contributed by atoms with Crippen LogP contribution in [0, 0.1) is 0 Å². The van der Waals surface area contributed by atoms with Crippen LogP contribution in [0.3, 0.4) is 0 Å². The van der Waals surface area contributed by atoms with Gasteiger partial charge in [0.1, 0.15) is 15.9 Å². The molecule has 0 aliphatic rings. The summed E-state index contributed by atoms with van der Waals surface area (Å²) in [5, 5.41) is 0. The summed E-state index contributed by atoms with van der Waals surface area (Å²) in [4.78, 5) is 11.7. The van der Waals surface area contributed by atoms with Gasteiger partial charge in [0.05, 0.1) is 11.5 Å². The van der Waals surface area contributed by atoms with Gasteiger partial charge in [0, 0.05) is 12.0 Å². The minimum atomic E-state index is -4.49. The summed E-state index contributed by atoms with van der Waals surface area (Å²) in [6.07, 6.45) is 2.55. The first-order valence-electron chi connectivity index (χ1n) is 7.34. The summed E-state index contributed by atoms with van der Waals surface area (Å²) < 4.78 is 38.1. The lowest BCUT2D eigenvalue weighted by molar-refractivity contribution is 0.0973. The minimum Gasteiger partial charge on any atom is -0.744 e. The van der Waals surface area contributed by atoms with Crippen molar-refractivity contribution in [3.8, 4) is 5.75 Å². The van der Waals surface area contributed by atoms with E-state index in [1.165, 1.54) is 12.1 Å². The van der Waals surface area contributed by atoms with E-state index in [4.69, 9.17) is 4.74 Å². The van der Waals surface area contributed by atoms with Gasteiger partial charge in [0.25, 0.3) is 0 Å². The molecule has 0 saturated heterocycles. The van der Waals surface area contributed by atoms with Crippen LogP contribution in [0.1, 0.15) is 28.8 Å². The molecular formula is C18H17O5S-. The molecule has 5 nitrogen and oxygen atoms in total. The van der Waals surface area contributed by atoms with Crippen LogP contribution >= 0.6 is 0 Å². The van der Waals surface area contributed by atoms with E-state index in [-0.39, 0.29) is 17.1 Å². The molecule has 2 aromatic rings. The van der Waals surface area contributed by atoms with Crippen molar-refractivity contribution >= 4 is 22.0 Å². The average Bonchev–Trinajstić information content (AvgIpc) is 2.58. The van der Waals surface area contributed by atoms with E-state index < -0.39 is 10.1 Å². The van der Waals surface area contributed by atoms with Crippen molar-refractivity contribution in [3.05, 3.63) is 66.2 Å². The molecule has 0 atom stereocenters. The van der Waals surface area contributed by atoms with E-state index in [1.54, 1.807) is 6.08 Å². The zero-order valence-corrected chi connectivity index (χ0v) is 13.8. The van der Waals surface area contributed by atoms with Gasteiger partial charge < -0.3 is 9.29 Å². The van der Waals surface area contributed by atoms with Crippen molar-refractivity contribution in [2.24, 2.45) is 0 Å². The highest BCUT2D eigenvalue weighted by Crippen LogP contribution is 2.15. The van der Waals surface area contributed by atoms with E-state index in [2.05, 4.69) is 6.58 Å². The van der Waals surface area contributed by atoms with Crippen molar-refractivity contribution in [2.45, 2.75) is 17.7 Å². The van der Waals surface area contributed by atoms with Gasteiger partial charge in [-0.05, 0) is 36.2 Å². The molecule has 0 N–H and O–H groups in total. The maximum atomic E-state index is 12.0. The fourth-order valence-electron chi connectivity index (χ4n) is 2.07. The van der Waals surface area contributed by atoms with Gasteiger partial charge in [-0.3, -0.25) is 4.79 Å². The Labute approximate surface area is 141 Å². The molecule has 0 amide bonds. The lowest BCUT2D eigenvalue weighted by Gasteiger charge is -2.08. The normalized spacial score (nSPS) is 11.0. The number of ketones is 1. The Kier molecular flexibility index (Phi) is 5.89. The Bertz CT molecular complexity index is 805. The molecule has 2 rings (SSSR count). The Balaban J connectivity index is 1.81. The zero-order chi connectivity index (χ0) is 17.6. The van der Waals surface area contributed by atoms with E-state index in [1.807, 2.05) is 24.3 Å². The minimum absolute atomic E-state index is 0.129. The largest absolute Gasteiger partial charge is 0.744 e. The van der Waals surface area contributed by atoms with Gasteiger partial charge in [-0.25, -0.2) is 8.42 Å². The van der Waals surface area contributed by atoms with Crippen molar-refractivity contribution in [2.75, 3.05) is 6.61 Å². The molecule has 0 unspecified atom stereocenters. The molecule has 0 aliphatic heterocycles. The Morgan fingerprint density at radius 1 is 1.08 bits per heavy atom. The van der Waals surface area contributed by atoms with Crippen LogP contribution in [-0.4, -0.2) is 25.4 Å². The van der Waals surface area contributed by atoms with Crippen LogP contribution in [0.5, 0.6) is 5.75 Å². The molecule has 0 heterocycles. The first-order valence-corrected chi connectivity index (χ1v) is 8.75. The number of carbonyl (C=O) groups is 1. The third-order valence-electron chi connectivity index (χ3n) is 3.40. The summed E-state index contributed by atoms with van der Waals surface area (Å²) >= 11 is 0. The van der Waals surface area contributed by atoms with Crippen LogP contribution in [0.4, 0.5) is 0 Å². The molecule has 0 aliphatic carbocycles. The van der Waals surface area contributed by atoms with Crippen molar-refractivity contribution < 1.29 is 22.5 Å². The highest BCUT2D eigenvalue weighted by molar-refractivity contribution is 7.85. The van der Waals surface area contributed by atoms with Gasteiger partial charge in [-0.2, -0.15) is 0 Å². The van der Waals surface area contributed by atoms with Gasteiger partial charge in [-0.15, -0.1) is 0 Å². The molecule has 0 spiro atoms. The van der Waals surface area contributed by atoms with E-state index in [0.717, 1.165) is 23.4 Å². The van der Waals surface area contributed by atoms with E-state index in [0.29, 0.717) is 18.6 Å². The van der Waals surface area contributed by atoms with Crippen LogP contribution < -0.4 is 4.74 Å². The molecule has 0 aromatic heterocycles. The van der Waals surface area contributed by atoms with Gasteiger partial charge in [0.15, 0.2) is 5.78 Å². The number of Topliss-reactive ketones (excluding diaryl/α,β-unsaturated/α-hetero) is 1. The molecule has 0 fully saturated rings. The first-order chi connectivity index (χ1) is 11.4. The van der Waals surface area contributed by atoms with Gasteiger partial charge >= 0.3 is 0 Å². The summed E-state index contributed by atoms with van der Waals surface area (Å²) in [5.41, 5.74) is 1.37. The second-order valence-corrected chi connectivity index (χ2v) is 6.51.